The largest absolute Gasteiger partial charge is 0.479 e. The van der Waals surface area contributed by atoms with Crippen molar-refractivity contribution in [2.45, 2.75) is 44.9 Å². The monoisotopic (exact) mass is 286 g/mol. The van der Waals surface area contributed by atoms with Crippen molar-refractivity contribution >= 4 is 11.6 Å². The lowest BCUT2D eigenvalue weighted by Crippen LogP contribution is -2.23. The van der Waals surface area contributed by atoms with Gasteiger partial charge in [0.2, 0.25) is 5.91 Å². The van der Waals surface area contributed by atoms with Crippen LogP contribution in [-0.2, 0) is 4.79 Å². The third-order valence-corrected chi connectivity index (χ3v) is 3.88. The van der Waals surface area contributed by atoms with Crippen molar-refractivity contribution in [3.8, 4) is 11.8 Å². The van der Waals surface area contributed by atoms with Gasteiger partial charge < -0.3 is 10.1 Å². The number of hydrogen-bond acceptors (Lipinski definition) is 3. The highest BCUT2D eigenvalue weighted by atomic mass is 16.5. The summed E-state index contributed by atoms with van der Waals surface area (Å²) in [5.41, 5.74) is 0.734. The van der Waals surface area contributed by atoms with Crippen LogP contribution < -0.4 is 10.1 Å². The van der Waals surface area contributed by atoms with Crippen molar-refractivity contribution in [1.29, 1.82) is 5.26 Å². The van der Waals surface area contributed by atoms with Crippen LogP contribution >= 0.6 is 0 Å². The summed E-state index contributed by atoms with van der Waals surface area (Å²) in [6.45, 7) is 0.0139. The molecule has 1 aliphatic rings. The Bertz CT molecular complexity index is 500. The third kappa shape index (κ3) is 5.11. The predicted molar refractivity (Wildman–Crippen MR) is 82.0 cm³/mol. The molecule has 0 aromatic heterocycles. The zero-order valence-corrected chi connectivity index (χ0v) is 12.3. The Kier molecular flexibility index (Phi) is 6.08. The molecule has 1 saturated carbocycles. The normalized spacial score (nSPS) is 16.3. The number of hydrogen-bond donors (Lipinski definition) is 1. The summed E-state index contributed by atoms with van der Waals surface area (Å²) in [4.78, 5) is 12.4. The first-order chi connectivity index (χ1) is 10.3. The Morgan fingerprint density at radius 2 is 1.95 bits per heavy atom. The molecule has 1 aromatic carbocycles. The number of carbonyl (C=O) groups is 1. The van der Waals surface area contributed by atoms with Gasteiger partial charge >= 0.3 is 0 Å². The molecule has 1 aromatic rings. The second-order valence-corrected chi connectivity index (χ2v) is 5.51. The highest BCUT2D eigenvalue weighted by Gasteiger charge is 2.19. The number of carbonyl (C=O) groups excluding carboxylic acids is 1. The maximum atomic E-state index is 12.4. The topological polar surface area (TPSA) is 62.1 Å². The lowest BCUT2D eigenvalue weighted by atomic mass is 9.90. The van der Waals surface area contributed by atoms with Crippen LogP contribution in [0.15, 0.2) is 24.3 Å². The fourth-order valence-electron chi connectivity index (χ4n) is 2.74. The van der Waals surface area contributed by atoms with Gasteiger partial charge in [-0.3, -0.25) is 4.79 Å². The SMILES string of the molecule is N#CCOc1cccc(NC(=O)C2CCCCCCC2)c1. The van der Waals surface area contributed by atoms with Gasteiger partial charge in [-0.1, -0.05) is 38.2 Å². The van der Waals surface area contributed by atoms with Gasteiger partial charge in [-0.25, -0.2) is 0 Å². The summed E-state index contributed by atoms with van der Waals surface area (Å²) >= 11 is 0. The lowest BCUT2D eigenvalue weighted by Gasteiger charge is -2.19. The minimum absolute atomic E-state index is 0.0139. The molecule has 1 amide bonds. The summed E-state index contributed by atoms with van der Waals surface area (Å²) in [7, 11) is 0. The highest BCUT2D eigenvalue weighted by Crippen LogP contribution is 2.24. The van der Waals surface area contributed by atoms with Gasteiger partial charge in [-0.05, 0) is 25.0 Å². The Hall–Kier alpha value is -2.02. The maximum Gasteiger partial charge on any atom is 0.227 e. The van der Waals surface area contributed by atoms with E-state index >= 15 is 0 Å². The zero-order valence-electron chi connectivity index (χ0n) is 12.3. The van der Waals surface area contributed by atoms with E-state index < -0.39 is 0 Å². The number of nitrogens with zero attached hydrogens (tertiary/aromatic N) is 1. The molecule has 0 bridgehead atoms. The van der Waals surface area contributed by atoms with E-state index in [1.165, 1.54) is 19.3 Å². The van der Waals surface area contributed by atoms with E-state index in [9.17, 15) is 4.79 Å². The smallest absolute Gasteiger partial charge is 0.227 e. The molecule has 4 heteroatoms. The molecule has 0 unspecified atom stereocenters. The molecule has 1 fully saturated rings. The molecule has 2 rings (SSSR count). The maximum absolute atomic E-state index is 12.4. The van der Waals surface area contributed by atoms with Gasteiger partial charge in [0, 0.05) is 17.7 Å². The van der Waals surface area contributed by atoms with E-state index in [0.29, 0.717) is 5.75 Å². The van der Waals surface area contributed by atoms with Gasteiger partial charge in [-0.2, -0.15) is 5.26 Å². The van der Waals surface area contributed by atoms with Crippen LogP contribution in [0.1, 0.15) is 44.9 Å². The molecular weight excluding hydrogens is 264 g/mol. The van der Waals surface area contributed by atoms with E-state index in [-0.39, 0.29) is 18.4 Å². The molecule has 0 aliphatic heterocycles. The van der Waals surface area contributed by atoms with E-state index in [0.717, 1.165) is 31.4 Å². The van der Waals surface area contributed by atoms with E-state index in [1.54, 1.807) is 12.1 Å². The fourth-order valence-corrected chi connectivity index (χ4v) is 2.74. The number of amides is 1. The second-order valence-electron chi connectivity index (χ2n) is 5.51. The number of nitrogens with one attached hydrogen (secondary N) is 1. The van der Waals surface area contributed by atoms with Crippen molar-refractivity contribution in [2.24, 2.45) is 5.92 Å². The van der Waals surface area contributed by atoms with Crippen LogP contribution in [-0.4, -0.2) is 12.5 Å². The first kappa shape index (κ1) is 15.4. The van der Waals surface area contributed by atoms with Crippen LogP contribution in [0, 0.1) is 17.2 Å². The van der Waals surface area contributed by atoms with Crippen molar-refractivity contribution in [1.82, 2.24) is 0 Å². The van der Waals surface area contributed by atoms with Crippen LogP contribution in [0.4, 0.5) is 5.69 Å². The van der Waals surface area contributed by atoms with Gasteiger partial charge in [0.25, 0.3) is 0 Å². The second kappa shape index (κ2) is 8.31. The Labute approximate surface area is 126 Å². The fraction of sp³-hybridized carbons (Fsp3) is 0.529. The summed E-state index contributed by atoms with van der Waals surface area (Å²) in [6.07, 6.45) is 8.02. The molecular formula is C17H22N2O2. The summed E-state index contributed by atoms with van der Waals surface area (Å²) in [5.74, 6) is 0.829. The quantitative estimate of drug-likeness (QED) is 0.913. The first-order valence-electron chi connectivity index (χ1n) is 7.70. The van der Waals surface area contributed by atoms with Crippen molar-refractivity contribution in [2.75, 3.05) is 11.9 Å². The first-order valence-corrected chi connectivity index (χ1v) is 7.70. The Balaban J connectivity index is 1.93. The molecule has 0 heterocycles. The van der Waals surface area contributed by atoms with Crippen molar-refractivity contribution < 1.29 is 9.53 Å². The molecule has 0 saturated heterocycles. The van der Waals surface area contributed by atoms with E-state index in [1.807, 2.05) is 18.2 Å². The molecule has 4 nitrogen and oxygen atoms in total. The zero-order chi connectivity index (χ0) is 14.9. The predicted octanol–water partition coefficient (Wildman–Crippen LogP) is 3.89. The van der Waals surface area contributed by atoms with Crippen LogP contribution in [0.25, 0.3) is 0 Å². The molecule has 1 aliphatic carbocycles. The van der Waals surface area contributed by atoms with Crippen molar-refractivity contribution in [3.05, 3.63) is 24.3 Å². The molecule has 0 atom stereocenters. The number of nitriles is 1. The molecule has 0 radical (unpaired) electrons. The summed E-state index contributed by atoms with van der Waals surface area (Å²) < 4.78 is 5.25. The van der Waals surface area contributed by atoms with Crippen LogP contribution in [0.5, 0.6) is 5.75 Å². The Morgan fingerprint density at radius 3 is 2.67 bits per heavy atom. The van der Waals surface area contributed by atoms with Crippen LogP contribution in [0.3, 0.4) is 0 Å². The third-order valence-electron chi connectivity index (χ3n) is 3.88. The number of anilines is 1. The van der Waals surface area contributed by atoms with Crippen LogP contribution in [0.2, 0.25) is 0 Å². The van der Waals surface area contributed by atoms with Gasteiger partial charge in [-0.15, -0.1) is 0 Å². The van der Waals surface area contributed by atoms with E-state index in [4.69, 9.17) is 10.00 Å². The number of ether oxygens (including phenoxy) is 1. The standard InChI is InChI=1S/C17H22N2O2/c18-11-12-21-16-10-6-9-15(13-16)19-17(20)14-7-4-2-1-3-5-8-14/h6,9-10,13-14H,1-5,7-8,12H2,(H,19,20). The Morgan fingerprint density at radius 1 is 1.24 bits per heavy atom. The summed E-state index contributed by atoms with van der Waals surface area (Å²) in [5, 5.41) is 11.5. The average molecular weight is 286 g/mol. The summed E-state index contributed by atoms with van der Waals surface area (Å²) in [6, 6.07) is 9.14. The molecule has 0 spiro atoms. The van der Waals surface area contributed by atoms with E-state index in [2.05, 4.69) is 5.32 Å². The number of rotatable bonds is 4. The number of benzene rings is 1. The van der Waals surface area contributed by atoms with Crippen molar-refractivity contribution in [3.63, 3.8) is 0 Å². The van der Waals surface area contributed by atoms with Gasteiger partial charge in [0.1, 0.15) is 11.8 Å². The van der Waals surface area contributed by atoms with Gasteiger partial charge in [0.05, 0.1) is 0 Å². The average Bonchev–Trinajstić information content (AvgIpc) is 2.45. The molecule has 1 N–H and O–H groups in total. The molecule has 21 heavy (non-hydrogen) atoms. The minimum Gasteiger partial charge on any atom is -0.479 e. The minimum atomic E-state index is 0.0139. The van der Waals surface area contributed by atoms with Gasteiger partial charge in [0.15, 0.2) is 6.61 Å². The lowest BCUT2D eigenvalue weighted by molar-refractivity contribution is -0.120. The highest BCUT2D eigenvalue weighted by molar-refractivity contribution is 5.92. The molecule has 112 valence electrons.